The van der Waals surface area contributed by atoms with Gasteiger partial charge in [0.15, 0.2) is 0 Å². The molecule has 0 saturated heterocycles. The van der Waals surface area contributed by atoms with Gasteiger partial charge in [-0.15, -0.1) is 19.8 Å². The summed E-state index contributed by atoms with van der Waals surface area (Å²) in [6, 6.07) is 3.78. The number of carbonyl (C=O) groups is 2. The fourth-order valence-corrected chi connectivity index (χ4v) is 3.36. The molecule has 1 atom stereocenters. The second-order valence-corrected chi connectivity index (χ2v) is 9.41. The zero-order valence-corrected chi connectivity index (χ0v) is 22.6. The average molecular weight is 550 g/mol. The van der Waals surface area contributed by atoms with Crippen LogP contribution in [0, 0.1) is 0 Å². The van der Waals surface area contributed by atoms with Gasteiger partial charge < -0.3 is 23.8 Å². The molecule has 0 aromatic heterocycles. The van der Waals surface area contributed by atoms with E-state index in [1.807, 2.05) is 0 Å². The lowest BCUT2D eigenvalue weighted by atomic mass is 10.1. The van der Waals surface area contributed by atoms with Crippen LogP contribution in [0.1, 0.15) is 59.4 Å². The van der Waals surface area contributed by atoms with Crippen molar-refractivity contribution in [2.24, 2.45) is 0 Å². The Bertz CT molecular complexity index is 943. The van der Waals surface area contributed by atoms with E-state index in [-0.39, 0.29) is 31.1 Å². The van der Waals surface area contributed by atoms with E-state index >= 15 is 0 Å². The molecule has 1 aromatic rings. The van der Waals surface area contributed by atoms with E-state index in [4.69, 9.17) is 25.8 Å². The minimum Gasteiger partial charge on any atom is -0.494 e. The van der Waals surface area contributed by atoms with E-state index in [0.29, 0.717) is 24.2 Å². The summed E-state index contributed by atoms with van der Waals surface area (Å²) < 4.78 is 58.1. The highest BCUT2D eigenvalue weighted by atomic mass is 35.5. The fraction of sp³-hybridized carbons (Fsp3) is 0.538. The van der Waals surface area contributed by atoms with Gasteiger partial charge in [0.05, 0.1) is 11.6 Å². The Hall–Kier alpha value is -2.88. The van der Waals surface area contributed by atoms with Crippen LogP contribution in [0.25, 0.3) is 0 Å². The number of rotatable bonds is 13. The molecule has 0 spiro atoms. The lowest BCUT2D eigenvalue weighted by molar-refractivity contribution is -0.274. The van der Waals surface area contributed by atoms with Gasteiger partial charge in [-0.1, -0.05) is 23.7 Å². The molecule has 1 rings (SSSR count). The third kappa shape index (κ3) is 13.3. The number of nitrogens with zero attached hydrogens (tertiary/aromatic N) is 1. The van der Waals surface area contributed by atoms with Crippen molar-refractivity contribution in [3.05, 3.63) is 53.3 Å². The Balaban J connectivity index is 3.04. The molecular formula is C26H35ClF3NO6. The van der Waals surface area contributed by atoms with E-state index in [2.05, 4.69) is 11.3 Å². The lowest BCUT2D eigenvalue weighted by Crippen LogP contribution is -2.38. The fourth-order valence-electron chi connectivity index (χ4n) is 3.12. The van der Waals surface area contributed by atoms with E-state index in [9.17, 15) is 22.8 Å². The van der Waals surface area contributed by atoms with Gasteiger partial charge in [-0.05, 0) is 58.4 Å². The van der Waals surface area contributed by atoms with Crippen molar-refractivity contribution in [1.82, 2.24) is 4.90 Å². The number of alkyl halides is 3. The third-order valence-corrected chi connectivity index (χ3v) is 4.96. The van der Waals surface area contributed by atoms with Crippen molar-refractivity contribution >= 4 is 23.7 Å². The molecule has 1 unspecified atom stereocenters. The number of hydrogen-bond acceptors (Lipinski definition) is 6. The maximum atomic E-state index is 12.9. The van der Waals surface area contributed by atoms with Crippen LogP contribution in [0.4, 0.5) is 18.0 Å². The number of benzene rings is 1. The van der Waals surface area contributed by atoms with Crippen molar-refractivity contribution in [3.63, 3.8) is 0 Å². The van der Waals surface area contributed by atoms with Gasteiger partial charge in [0.2, 0.25) is 0 Å². The van der Waals surface area contributed by atoms with Gasteiger partial charge in [-0.2, -0.15) is 0 Å². The van der Waals surface area contributed by atoms with Gasteiger partial charge >= 0.3 is 18.4 Å². The van der Waals surface area contributed by atoms with Gasteiger partial charge in [0, 0.05) is 25.9 Å². The summed E-state index contributed by atoms with van der Waals surface area (Å²) in [6.07, 6.45) is -1.80. The van der Waals surface area contributed by atoms with Crippen LogP contribution in [0.2, 0.25) is 5.02 Å². The standard InChI is InChI=1S/C26H35ClF3NO6/c1-7-10-20(35-19(8-2)16-23(32)34-9-3)13-14-31(24(33)37-25(4,5)6)17-18-11-12-22(21(27)15-18)36-26(28,29)30/h7-8,11-12,15,20H,1,9-10,13-14,16-17H2,2-6H3/b19-8-. The summed E-state index contributed by atoms with van der Waals surface area (Å²) in [5.41, 5.74) is -0.297. The van der Waals surface area contributed by atoms with E-state index in [1.54, 1.807) is 46.8 Å². The SMILES string of the molecule is C=CCC(CCN(Cc1ccc(OC(F)(F)F)c(Cl)c1)C(=O)OC(C)(C)C)O/C(=C\C)CC(=O)OCC. The van der Waals surface area contributed by atoms with Gasteiger partial charge in [-0.25, -0.2) is 4.79 Å². The third-order valence-electron chi connectivity index (χ3n) is 4.66. The Morgan fingerprint density at radius 1 is 1.22 bits per heavy atom. The largest absolute Gasteiger partial charge is 0.573 e. The lowest BCUT2D eigenvalue weighted by Gasteiger charge is -2.29. The highest BCUT2D eigenvalue weighted by molar-refractivity contribution is 6.32. The zero-order valence-electron chi connectivity index (χ0n) is 21.8. The molecule has 37 heavy (non-hydrogen) atoms. The van der Waals surface area contributed by atoms with Gasteiger partial charge in [0.25, 0.3) is 0 Å². The molecule has 0 aliphatic rings. The maximum absolute atomic E-state index is 12.9. The summed E-state index contributed by atoms with van der Waals surface area (Å²) in [4.78, 5) is 26.2. The predicted octanol–water partition coefficient (Wildman–Crippen LogP) is 7.18. The van der Waals surface area contributed by atoms with Crippen molar-refractivity contribution in [2.75, 3.05) is 13.2 Å². The molecule has 0 radical (unpaired) electrons. The number of allylic oxidation sites excluding steroid dienone is 1. The summed E-state index contributed by atoms with van der Waals surface area (Å²) in [7, 11) is 0. The molecule has 0 N–H and O–H groups in total. The van der Waals surface area contributed by atoms with Crippen molar-refractivity contribution in [3.8, 4) is 5.75 Å². The molecule has 0 saturated carbocycles. The second-order valence-electron chi connectivity index (χ2n) is 9.00. The Morgan fingerprint density at radius 2 is 1.89 bits per heavy atom. The smallest absolute Gasteiger partial charge is 0.494 e. The first kappa shape index (κ1) is 32.1. The molecule has 0 aliphatic heterocycles. The first-order valence-electron chi connectivity index (χ1n) is 11.8. The molecule has 208 valence electrons. The Kier molecular flexibility index (Phi) is 12.8. The number of hydrogen-bond donors (Lipinski definition) is 0. The van der Waals surface area contributed by atoms with Crippen molar-refractivity contribution < 1.29 is 41.7 Å². The molecular weight excluding hydrogens is 515 g/mol. The Morgan fingerprint density at radius 3 is 2.41 bits per heavy atom. The number of ether oxygens (including phenoxy) is 4. The molecule has 1 amide bonds. The second kappa shape index (κ2) is 14.8. The van der Waals surface area contributed by atoms with E-state index < -0.39 is 35.9 Å². The molecule has 0 aliphatic carbocycles. The molecule has 11 heteroatoms. The molecule has 0 bridgehead atoms. The highest BCUT2D eigenvalue weighted by Crippen LogP contribution is 2.31. The zero-order chi connectivity index (χ0) is 28.2. The first-order chi connectivity index (χ1) is 17.2. The quantitative estimate of drug-likeness (QED) is 0.147. The van der Waals surface area contributed by atoms with Crippen LogP contribution >= 0.6 is 11.6 Å². The average Bonchev–Trinajstić information content (AvgIpc) is 2.75. The summed E-state index contributed by atoms with van der Waals surface area (Å²) in [5, 5.41) is -0.247. The predicted molar refractivity (Wildman–Crippen MR) is 134 cm³/mol. The van der Waals surface area contributed by atoms with Crippen LogP contribution in [0.15, 0.2) is 42.7 Å². The summed E-state index contributed by atoms with van der Waals surface area (Å²) in [6.45, 7) is 12.8. The molecule has 7 nitrogen and oxygen atoms in total. The highest BCUT2D eigenvalue weighted by Gasteiger charge is 2.32. The molecule has 1 aromatic carbocycles. The van der Waals surface area contributed by atoms with Crippen LogP contribution in [0.5, 0.6) is 5.75 Å². The minimum atomic E-state index is -4.88. The first-order valence-corrected chi connectivity index (χ1v) is 12.2. The monoisotopic (exact) mass is 549 g/mol. The number of amides is 1. The molecule has 0 fully saturated rings. The molecule has 0 heterocycles. The van der Waals surface area contributed by atoms with Crippen molar-refractivity contribution in [2.45, 2.75) is 78.5 Å². The number of esters is 1. The number of halogens is 4. The van der Waals surface area contributed by atoms with Gasteiger partial charge in [-0.3, -0.25) is 4.79 Å². The van der Waals surface area contributed by atoms with Gasteiger partial charge in [0.1, 0.15) is 29.6 Å². The Labute approximate surface area is 221 Å². The van der Waals surface area contributed by atoms with Crippen LogP contribution in [-0.4, -0.2) is 48.2 Å². The van der Waals surface area contributed by atoms with E-state index in [0.717, 1.165) is 6.07 Å². The van der Waals surface area contributed by atoms with E-state index in [1.165, 1.54) is 17.0 Å². The van der Waals surface area contributed by atoms with Crippen molar-refractivity contribution in [1.29, 1.82) is 0 Å². The maximum Gasteiger partial charge on any atom is 0.573 e. The normalized spacial score (nSPS) is 12.9. The van der Waals surface area contributed by atoms with Crippen LogP contribution in [0.3, 0.4) is 0 Å². The topological polar surface area (TPSA) is 74.3 Å². The van der Waals surface area contributed by atoms with Crippen LogP contribution in [-0.2, 0) is 25.5 Å². The summed E-state index contributed by atoms with van der Waals surface area (Å²) >= 11 is 5.98. The van der Waals surface area contributed by atoms with Crippen LogP contribution < -0.4 is 4.74 Å². The minimum absolute atomic E-state index is 0.0149. The summed E-state index contributed by atoms with van der Waals surface area (Å²) in [5.74, 6) is -0.527. The number of carbonyl (C=O) groups excluding carboxylic acids is 2.